The van der Waals surface area contributed by atoms with E-state index in [0.717, 1.165) is 27.4 Å². The van der Waals surface area contributed by atoms with Crippen LogP contribution in [0.5, 0.6) is 11.8 Å². The molecular weight excluding hydrogens is 294 g/mol. The molecule has 2 N–H and O–H groups in total. The monoisotopic (exact) mass is 307 g/mol. The highest BCUT2D eigenvalue weighted by atomic mass is 17.1. The zero-order valence-electron chi connectivity index (χ0n) is 12.5. The van der Waals surface area contributed by atoms with Crippen molar-refractivity contribution >= 4 is 27.3 Å². The van der Waals surface area contributed by atoms with Crippen LogP contribution in [0, 0.1) is 18.3 Å². The maximum Gasteiger partial charge on any atom is 0.268 e. The number of benzene rings is 1. The second-order valence-electron chi connectivity index (χ2n) is 5.36. The van der Waals surface area contributed by atoms with E-state index in [0.29, 0.717) is 17.0 Å². The first-order valence-corrected chi connectivity index (χ1v) is 7.05. The summed E-state index contributed by atoms with van der Waals surface area (Å²) in [5.74, 6) is 0.528. The molecule has 0 unspecified atom stereocenters. The summed E-state index contributed by atoms with van der Waals surface area (Å²) in [5.41, 5.74) is 3.60. The molecule has 4 aromatic rings. The van der Waals surface area contributed by atoms with Gasteiger partial charge in [-0.25, -0.2) is 9.66 Å². The zero-order chi connectivity index (χ0) is 16.1. The maximum absolute atomic E-state index is 9.42. The summed E-state index contributed by atoms with van der Waals surface area (Å²) >= 11 is 0. The molecule has 3 aromatic heterocycles. The molecule has 0 spiro atoms. The van der Waals surface area contributed by atoms with Crippen LogP contribution in [-0.4, -0.2) is 21.8 Å². The lowest BCUT2D eigenvalue weighted by Gasteiger charge is -2.11. The van der Waals surface area contributed by atoms with Gasteiger partial charge in [-0.2, -0.15) is 5.26 Å². The fourth-order valence-electron chi connectivity index (χ4n) is 3.21. The van der Waals surface area contributed by atoms with Crippen molar-refractivity contribution in [2.75, 3.05) is 7.11 Å². The lowest BCUT2D eigenvalue weighted by Crippen LogP contribution is -2.02. The van der Waals surface area contributed by atoms with Gasteiger partial charge in [0.1, 0.15) is 17.1 Å². The molecule has 0 fully saturated rings. The predicted molar refractivity (Wildman–Crippen MR) is 86.0 cm³/mol. The smallest absolute Gasteiger partial charge is 0.268 e. The van der Waals surface area contributed by atoms with Crippen molar-refractivity contribution in [1.82, 2.24) is 9.38 Å². The molecule has 0 aliphatic carbocycles. The lowest BCUT2D eigenvalue weighted by atomic mass is 10.1. The minimum atomic E-state index is 0.194. The van der Waals surface area contributed by atoms with Crippen LogP contribution < -0.4 is 9.62 Å². The number of para-hydroxylation sites is 1. The van der Waals surface area contributed by atoms with Crippen LogP contribution in [0.2, 0.25) is 0 Å². The third-order valence-corrected chi connectivity index (χ3v) is 4.18. The van der Waals surface area contributed by atoms with Crippen LogP contribution in [-0.2, 0) is 0 Å². The molecule has 4 rings (SSSR count). The summed E-state index contributed by atoms with van der Waals surface area (Å²) in [6.45, 7) is 1.86. The van der Waals surface area contributed by atoms with E-state index in [1.54, 1.807) is 4.40 Å². The Labute approximate surface area is 131 Å². The molecular formula is C17H13N3O3. The van der Waals surface area contributed by atoms with Gasteiger partial charge in [0.15, 0.2) is 0 Å². The maximum atomic E-state index is 9.42. The Morgan fingerprint density at radius 1 is 1.26 bits per heavy atom. The highest BCUT2D eigenvalue weighted by molar-refractivity contribution is 6.17. The molecule has 0 saturated carbocycles. The predicted octanol–water partition coefficient (Wildman–Crippen LogP) is 3.61. The van der Waals surface area contributed by atoms with Crippen LogP contribution in [0.25, 0.3) is 27.3 Å². The molecule has 0 atom stereocenters. The Balaban J connectivity index is 2.34. The van der Waals surface area contributed by atoms with Gasteiger partial charge >= 0.3 is 0 Å². The highest BCUT2D eigenvalue weighted by Gasteiger charge is 2.23. The molecule has 0 aliphatic rings. The van der Waals surface area contributed by atoms with E-state index in [1.165, 1.54) is 7.11 Å². The summed E-state index contributed by atoms with van der Waals surface area (Å²) in [7, 11) is 1.49. The average Bonchev–Trinajstić information content (AvgIpc) is 3.07. The highest BCUT2D eigenvalue weighted by Crippen LogP contribution is 2.41. The second kappa shape index (κ2) is 4.66. The Morgan fingerprint density at radius 2 is 2.04 bits per heavy atom. The second-order valence-corrected chi connectivity index (χ2v) is 5.36. The van der Waals surface area contributed by atoms with Crippen LogP contribution in [0.15, 0.2) is 30.3 Å². The van der Waals surface area contributed by atoms with E-state index in [4.69, 9.17) is 4.74 Å². The Bertz CT molecular complexity index is 1120. The van der Waals surface area contributed by atoms with E-state index in [9.17, 15) is 10.5 Å². The standard InChI is InChI=1S/C17H13N3O3/c1-9-7-13-14-10-5-3-4-6-12(10)19-15(14)17(23-21)20(13)16(22-2)11(9)8-18/h3-7,19,21H,1-2H3. The number of hydrogen-bond donors (Lipinski definition) is 2. The van der Waals surface area contributed by atoms with Gasteiger partial charge in [-0.05, 0) is 24.6 Å². The number of hydrogen-bond acceptors (Lipinski definition) is 4. The van der Waals surface area contributed by atoms with Crippen molar-refractivity contribution < 1.29 is 14.9 Å². The third-order valence-electron chi connectivity index (χ3n) is 4.18. The largest absolute Gasteiger partial charge is 0.481 e. The van der Waals surface area contributed by atoms with Gasteiger partial charge in [-0.1, -0.05) is 18.2 Å². The number of nitriles is 1. The van der Waals surface area contributed by atoms with Crippen LogP contribution >= 0.6 is 0 Å². The minimum absolute atomic E-state index is 0.194. The molecule has 0 saturated heterocycles. The van der Waals surface area contributed by atoms with E-state index < -0.39 is 0 Å². The fraction of sp³-hybridized carbons (Fsp3) is 0.118. The number of nitrogens with one attached hydrogen (secondary N) is 1. The summed E-state index contributed by atoms with van der Waals surface area (Å²) in [5, 5.41) is 20.7. The molecule has 0 amide bonds. The van der Waals surface area contributed by atoms with Crippen molar-refractivity contribution in [2.24, 2.45) is 0 Å². The number of aryl methyl sites for hydroxylation is 1. The number of rotatable bonds is 2. The number of H-pyrrole nitrogens is 1. The number of ether oxygens (including phenoxy) is 1. The molecule has 23 heavy (non-hydrogen) atoms. The molecule has 3 heterocycles. The van der Waals surface area contributed by atoms with Crippen molar-refractivity contribution in [3.63, 3.8) is 0 Å². The van der Waals surface area contributed by atoms with E-state index in [-0.39, 0.29) is 5.88 Å². The normalized spacial score (nSPS) is 11.2. The van der Waals surface area contributed by atoms with Gasteiger partial charge in [0.2, 0.25) is 5.88 Å². The summed E-state index contributed by atoms with van der Waals surface area (Å²) < 4.78 is 7.03. The summed E-state index contributed by atoms with van der Waals surface area (Å²) in [4.78, 5) is 7.89. The van der Waals surface area contributed by atoms with Crippen molar-refractivity contribution in [2.45, 2.75) is 6.92 Å². The SMILES string of the molecule is COc1c(C#N)c(C)cc2c3c([nH]c4ccccc43)c(OO)n12. The van der Waals surface area contributed by atoms with Crippen LogP contribution in [0.1, 0.15) is 11.1 Å². The molecule has 6 heteroatoms. The van der Waals surface area contributed by atoms with Gasteiger partial charge in [-0.3, -0.25) is 0 Å². The Hall–Kier alpha value is -3.17. The summed E-state index contributed by atoms with van der Waals surface area (Å²) in [6, 6.07) is 11.9. The van der Waals surface area contributed by atoms with E-state index in [2.05, 4.69) is 15.9 Å². The van der Waals surface area contributed by atoms with Crippen molar-refractivity contribution in [3.05, 3.63) is 41.5 Å². The average molecular weight is 307 g/mol. The first-order valence-electron chi connectivity index (χ1n) is 7.05. The van der Waals surface area contributed by atoms with Crippen LogP contribution in [0.3, 0.4) is 0 Å². The molecule has 6 nitrogen and oxygen atoms in total. The molecule has 1 aromatic carbocycles. The fourth-order valence-corrected chi connectivity index (χ4v) is 3.21. The first kappa shape index (κ1) is 13.5. The molecule has 0 aliphatic heterocycles. The van der Waals surface area contributed by atoms with Crippen LogP contribution in [0.4, 0.5) is 0 Å². The van der Waals surface area contributed by atoms with Gasteiger partial charge in [0, 0.05) is 16.3 Å². The van der Waals surface area contributed by atoms with Crippen molar-refractivity contribution in [1.29, 1.82) is 5.26 Å². The van der Waals surface area contributed by atoms with E-state index >= 15 is 0 Å². The number of fused-ring (bicyclic) bond motifs is 5. The number of methoxy groups -OCH3 is 1. The first-order chi connectivity index (χ1) is 11.2. The number of nitrogens with zero attached hydrogens (tertiary/aromatic N) is 2. The molecule has 0 bridgehead atoms. The topological polar surface area (TPSA) is 82.7 Å². The summed E-state index contributed by atoms with van der Waals surface area (Å²) in [6.07, 6.45) is 0. The lowest BCUT2D eigenvalue weighted by molar-refractivity contribution is -0.141. The molecule has 114 valence electrons. The molecule has 0 radical (unpaired) electrons. The Kier molecular flexibility index (Phi) is 2.73. The van der Waals surface area contributed by atoms with Gasteiger partial charge in [0.25, 0.3) is 5.88 Å². The van der Waals surface area contributed by atoms with E-state index in [1.807, 2.05) is 37.3 Å². The number of pyridine rings is 1. The third kappa shape index (κ3) is 1.59. The van der Waals surface area contributed by atoms with Crippen molar-refractivity contribution in [3.8, 4) is 17.8 Å². The minimum Gasteiger partial charge on any atom is -0.481 e. The van der Waals surface area contributed by atoms with Gasteiger partial charge < -0.3 is 14.6 Å². The number of aromatic nitrogens is 2. The number of aromatic amines is 1. The quantitative estimate of drug-likeness (QED) is 0.438. The van der Waals surface area contributed by atoms with Gasteiger partial charge in [0.05, 0.1) is 12.6 Å². The Morgan fingerprint density at radius 3 is 2.74 bits per heavy atom. The van der Waals surface area contributed by atoms with Gasteiger partial charge in [-0.15, -0.1) is 0 Å². The zero-order valence-corrected chi connectivity index (χ0v) is 12.5.